The molecule has 0 saturated heterocycles. The lowest BCUT2D eigenvalue weighted by Crippen LogP contribution is -2.24. The molecule has 0 aliphatic heterocycles. The largest absolute Gasteiger partial charge is 0.481 e. The van der Waals surface area contributed by atoms with Crippen LogP contribution in [0.25, 0.3) is 0 Å². The van der Waals surface area contributed by atoms with E-state index in [0.717, 1.165) is 10.0 Å². The Morgan fingerprint density at radius 3 is 2.70 bits per heavy atom. The average molecular weight is 346 g/mol. The summed E-state index contributed by atoms with van der Waals surface area (Å²) in [5.41, 5.74) is 0.756. The van der Waals surface area contributed by atoms with Crippen LogP contribution in [0.5, 0.6) is 0 Å². The van der Waals surface area contributed by atoms with Gasteiger partial charge in [0.25, 0.3) is 0 Å². The van der Waals surface area contributed by atoms with Crippen LogP contribution in [0, 0.1) is 5.82 Å². The number of nitrogens with one attached hydrogen (secondary N) is 1. The summed E-state index contributed by atoms with van der Waals surface area (Å²) < 4.78 is 13.8. The quantitative estimate of drug-likeness (QED) is 0.712. The first-order chi connectivity index (χ1) is 9.49. The highest BCUT2D eigenvalue weighted by atomic mass is 79.9. The first-order valence-corrected chi connectivity index (χ1v) is 7.21. The number of unbranched alkanes of at least 4 members (excludes halogenated alkanes) is 1. The number of hydrogen-bond acceptors (Lipinski definition) is 2. The minimum atomic E-state index is -0.827. The molecule has 1 rings (SSSR count). The molecule has 110 valence electrons. The fourth-order valence-corrected chi connectivity index (χ4v) is 2.15. The van der Waals surface area contributed by atoms with E-state index >= 15 is 0 Å². The number of aliphatic carboxylic acids is 1. The van der Waals surface area contributed by atoms with Crippen LogP contribution in [0.4, 0.5) is 4.39 Å². The molecule has 0 heterocycles. The Morgan fingerprint density at radius 1 is 1.25 bits per heavy atom. The Bertz CT molecular complexity index is 479. The third-order valence-corrected chi connectivity index (χ3v) is 3.54. The number of carboxylic acids is 1. The zero-order chi connectivity index (χ0) is 15.0. The molecule has 4 nitrogen and oxygen atoms in total. The summed E-state index contributed by atoms with van der Waals surface area (Å²) in [7, 11) is 0. The SMILES string of the molecule is O=C(O)CCCCNC(=O)CCc1cc(F)ccc1Br. The van der Waals surface area contributed by atoms with Crippen molar-refractivity contribution in [2.24, 2.45) is 0 Å². The topological polar surface area (TPSA) is 66.4 Å². The number of halogens is 2. The maximum Gasteiger partial charge on any atom is 0.303 e. The summed E-state index contributed by atoms with van der Waals surface area (Å²) in [6.07, 6.45) is 2.04. The van der Waals surface area contributed by atoms with Gasteiger partial charge < -0.3 is 10.4 Å². The Hall–Kier alpha value is -1.43. The van der Waals surface area contributed by atoms with Gasteiger partial charge in [0.1, 0.15) is 5.82 Å². The normalized spacial score (nSPS) is 10.3. The van der Waals surface area contributed by atoms with Gasteiger partial charge in [0.15, 0.2) is 0 Å². The lowest BCUT2D eigenvalue weighted by atomic mass is 10.1. The highest BCUT2D eigenvalue weighted by Gasteiger charge is 2.06. The molecule has 0 radical (unpaired) electrons. The third kappa shape index (κ3) is 6.65. The van der Waals surface area contributed by atoms with E-state index in [1.165, 1.54) is 12.1 Å². The molecule has 0 unspecified atom stereocenters. The van der Waals surface area contributed by atoms with E-state index in [0.29, 0.717) is 25.8 Å². The predicted molar refractivity (Wildman–Crippen MR) is 76.9 cm³/mol. The molecule has 6 heteroatoms. The van der Waals surface area contributed by atoms with Crippen LogP contribution in [-0.2, 0) is 16.0 Å². The number of carboxylic acid groups (broad SMARTS) is 1. The summed E-state index contributed by atoms with van der Waals surface area (Å²) >= 11 is 3.31. The number of carbonyl (C=O) groups excluding carboxylic acids is 1. The summed E-state index contributed by atoms with van der Waals surface area (Å²) in [4.78, 5) is 21.9. The number of hydrogen-bond donors (Lipinski definition) is 2. The van der Waals surface area contributed by atoms with Crippen LogP contribution in [0.2, 0.25) is 0 Å². The summed E-state index contributed by atoms with van der Waals surface area (Å²) in [6.45, 7) is 0.469. The second kappa shape index (κ2) is 8.68. The molecule has 0 fully saturated rings. The highest BCUT2D eigenvalue weighted by Crippen LogP contribution is 2.19. The fraction of sp³-hybridized carbons (Fsp3) is 0.429. The smallest absolute Gasteiger partial charge is 0.303 e. The molecule has 2 N–H and O–H groups in total. The fourth-order valence-electron chi connectivity index (χ4n) is 1.70. The van der Waals surface area contributed by atoms with Gasteiger partial charge >= 0.3 is 5.97 Å². The minimum absolute atomic E-state index is 0.114. The van der Waals surface area contributed by atoms with Crippen LogP contribution in [0.1, 0.15) is 31.2 Å². The van der Waals surface area contributed by atoms with E-state index in [-0.39, 0.29) is 24.6 Å². The van der Waals surface area contributed by atoms with Crippen molar-refractivity contribution in [2.75, 3.05) is 6.54 Å². The molecule has 0 bridgehead atoms. The summed E-state index contributed by atoms with van der Waals surface area (Å²) in [5.74, 6) is -1.26. The molecule has 0 saturated carbocycles. The Kier molecular flexibility index (Phi) is 7.22. The van der Waals surface area contributed by atoms with E-state index in [1.54, 1.807) is 6.07 Å². The molecule has 0 atom stereocenters. The van der Waals surface area contributed by atoms with Crippen LogP contribution < -0.4 is 5.32 Å². The Labute approximate surface area is 125 Å². The Morgan fingerprint density at radius 2 is 2.00 bits per heavy atom. The monoisotopic (exact) mass is 345 g/mol. The van der Waals surface area contributed by atoms with Gasteiger partial charge in [0.2, 0.25) is 5.91 Å². The lowest BCUT2D eigenvalue weighted by molar-refractivity contribution is -0.137. The first-order valence-electron chi connectivity index (χ1n) is 6.41. The van der Waals surface area contributed by atoms with Gasteiger partial charge in [-0.05, 0) is 43.0 Å². The number of rotatable bonds is 8. The number of carbonyl (C=O) groups is 2. The van der Waals surface area contributed by atoms with Crippen LogP contribution in [0.3, 0.4) is 0 Å². The van der Waals surface area contributed by atoms with Gasteiger partial charge in [-0.2, -0.15) is 0 Å². The van der Waals surface area contributed by atoms with Gasteiger partial charge in [0, 0.05) is 23.9 Å². The van der Waals surface area contributed by atoms with Crippen molar-refractivity contribution in [3.63, 3.8) is 0 Å². The maximum atomic E-state index is 13.1. The van der Waals surface area contributed by atoms with E-state index in [2.05, 4.69) is 21.2 Å². The van der Waals surface area contributed by atoms with Gasteiger partial charge in [-0.15, -0.1) is 0 Å². The van der Waals surface area contributed by atoms with E-state index in [9.17, 15) is 14.0 Å². The van der Waals surface area contributed by atoms with Crippen LogP contribution in [-0.4, -0.2) is 23.5 Å². The molecular formula is C14H17BrFNO3. The number of aryl methyl sites for hydroxylation is 1. The molecular weight excluding hydrogens is 329 g/mol. The van der Waals surface area contributed by atoms with Gasteiger partial charge in [-0.1, -0.05) is 15.9 Å². The van der Waals surface area contributed by atoms with Crippen molar-refractivity contribution in [3.05, 3.63) is 34.1 Å². The molecule has 0 aromatic heterocycles. The number of benzene rings is 1. The highest BCUT2D eigenvalue weighted by molar-refractivity contribution is 9.10. The molecule has 0 spiro atoms. The van der Waals surface area contributed by atoms with Crippen LogP contribution >= 0.6 is 15.9 Å². The van der Waals surface area contributed by atoms with Crippen molar-refractivity contribution in [1.29, 1.82) is 0 Å². The molecule has 20 heavy (non-hydrogen) atoms. The van der Waals surface area contributed by atoms with E-state index in [4.69, 9.17) is 5.11 Å². The average Bonchev–Trinajstić information content (AvgIpc) is 2.39. The first kappa shape index (κ1) is 16.6. The molecule has 0 aliphatic rings. The maximum absolute atomic E-state index is 13.1. The van der Waals surface area contributed by atoms with Gasteiger partial charge in [0.05, 0.1) is 0 Å². The molecule has 1 amide bonds. The van der Waals surface area contributed by atoms with Crippen molar-refractivity contribution < 1.29 is 19.1 Å². The van der Waals surface area contributed by atoms with Gasteiger partial charge in [-0.25, -0.2) is 4.39 Å². The molecule has 1 aromatic carbocycles. The number of amides is 1. The standard InChI is InChI=1S/C14H17BrFNO3/c15-12-6-5-11(16)9-10(12)4-7-13(18)17-8-2-1-3-14(19)20/h5-6,9H,1-4,7-8H2,(H,17,18)(H,19,20). The van der Waals surface area contributed by atoms with E-state index in [1.807, 2.05) is 0 Å². The summed E-state index contributed by atoms with van der Waals surface area (Å²) in [6, 6.07) is 4.38. The third-order valence-electron chi connectivity index (χ3n) is 2.77. The summed E-state index contributed by atoms with van der Waals surface area (Å²) in [5, 5.41) is 11.2. The lowest BCUT2D eigenvalue weighted by Gasteiger charge is -2.06. The van der Waals surface area contributed by atoms with E-state index < -0.39 is 5.97 Å². The van der Waals surface area contributed by atoms with Gasteiger partial charge in [-0.3, -0.25) is 9.59 Å². The molecule has 1 aromatic rings. The zero-order valence-corrected chi connectivity index (χ0v) is 12.6. The van der Waals surface area contributed by atoms with Crippen molar-refractivity contribution in [1.82, 2.24) is 5.32 Å². The minimum Gasteiger partial charge on any atom is -0.481 e. The molecule has 0 aliphatic carbocycles. The second-order valence-electron chi connectivity index (χ2n) is 4.44. The second-order valence-corrected chi connectivity index (χ2v) is 5.29. The van der Waals surface area contributed by atoms with Crippen LogP contribution in [0.15, 0.2) is 22.7 Å². The zero-order valence-electron chi connectivity index (χ0n) is 11.0. The van der Waals surface area contributed by atoms with Crippen molar-refractivity contribution in [2.45, 2.75) is 32.1 Å². The van der Waals surface area contributed by atoms with Crippen molar-refractivity contribution >= 4 is 27.8 Å². The Balaban J connectivity index is 2.23. The van der Waals surface area contributed by atoms with Crippen molar-refractivity contribution in [3.8, 4) is 0 Å². The predicted octanol–water partition coefficient (Wildman–Crippen LogP) is 2.89.